The highest BCUT2D eigenvalue weighted by atomic mass is 19.1. The average Bonchev–Trinajstić information content (AvgIpc) is 2.41. The molecule has 1 saturated heterocycles. The van der Waals surface area contributed by atoms with Crippen molar-refractivity contribution in [3.63, 3.8) is 0 Å². The number of benzene rings is 1. The van der Waals surface area contributed by atoms with Crippen molar-refractivity contribution in [1.82, 2.24) is 4.90 Å². The van der Waals surface area contributed by atoms with E-state index in [9.17, 15) is 14.0 Å². The molecule has 1 aliphatic rings. The second kappa shape index (κ2) is 5.66. The molecule has 2 amide bonds. The molecule has 1 heterocycles. The zero-order valence-corrected chi connectivity index (χ0v) is 10.1. The Morgan fingerprint density at radius 1 is 1.32 bits per heavy atom. The van der Waals surface area contributed by atoms with Crippen molar-refractivity contribution in [3.8, 4) is 0 Å². The number of hydrogen-bond donors (Lipinski definition) is 2. The summed E-state index contributed by atoms with van der Waals surface area (Å²) >= 11 is 0. The highest BCUT2D eigenvalue weighted by Gasteiger charge is 2.18. The van der Waals surface area contributed by atoms with Gasteiger partial charge in [-0.3, -0.25) is 0 Å². The number of morpholine rings is 1. The molecule has 1 aromatic carbocycles. The highest BCUT2D eigenvalue weighted by molar-refractivity contribution is 5.91. The highest BCUT2D eigenvalue weighted by Crippen LogP contribution is 2.16. The van der Waals surface area contributed by atoms with Crippen molar-refractivity contribution in [2.24, 2.45) is 0 Å². The topological polar surface area (TPSA) is 78.9 Å². The number of halogens is 1. The first-order valence-electron chi connectivity index (χ1n) is 5.74. The number of aromatic carboxylic acids is 1. The normalized spacial score (nSPS) is 15.1. The van der Waals surface area contributed by atoms with Gasteiger partial charge in [-0.05, 0) is 18.2 Å². The molecule has 0 aromatic heterocycles. The third kappa shape index (κ3) is 3.19. The van der Waals surface area contributed by atoms with Gasteiger partial charge in [0.05, 0.1) is 24.5 Å². The van der Waals surface area contributed by atoms with Crippen LogP contribution in [0.2, 0.25) is 0 Å². The van der Waals surface area contributed by atoms with E-state index in [4.69, 9.17) is 9.84 Å². The third-order valence-electron chi connectivity index (χ3n) is 2.76. The lowest BCUT2D eigenvalue weighted by atomic mass is 10.2. The molecule has 2 rings (SSSR count). The van der Waals surface area contributed by atoms with Crippen molar-refractivity contribution < 1.29 is 23.8 Å². The minimum atomic E-state index is -1.22. The van der Waals surface area contributed by atoms with Crippen LogP contribution < -0.4 is 5.32 Å². The van der Waals surface area contributed by atoms with Crippen molar-refractivity contribution >= 4 is 17.7 Å². The Labute approximate surface area is 108 Å². The summed E-state index contributed by atoms with van der Waals surface area (Å²) in [6, 6.07) is 2.92. The van der Waals surface area contributed by atoms with E-state index in [2.05, 4.69) is 5.32 Å². The lowest BCUT2D eigenvalue weighted by Crippen LogP contribution is -2.43. The molecule has 1 fully saturated rings. The first-order valence-corrected chi connectivity index (χ1v) is 5.74. The zero-order chi connectivity index (χ0) is 13.8. The largest absolute Gasteiger partial charge is 0.478 e. The van der Waals surface area contributed by atoms with Gasteiger partial charge >= 0.3 is 12.0 Å². The van der Waals surface area contributed by atoms with Crippen LogP contribution in [0.1, 0.15) is 10.4 Å². The van der Waals surface area contributed by atoms with Crippen LogP contribution in [0.5, 0.6) is 0 Å². The fourth-order valence-electron chi connectivity index (χ4n) is 1.71. The van der Waals surface area contributed by atoms with E-state index in [1.165, 1.54) is 17.0 Å². The number of urea groups is 1. The molecule has 7 heteroatoms. The number of amides is 2. The minimum absolute atomic E-state index is 0.0403. The quantitative estimate of drug-likeness (QED) is 0.849. The first-order chi connectivity index (χ1) is 9.08. The average molecular weight is 268 g/mol. The number of nitrogens with zero attached hydrogens (tertiary/aromatic N) is 1. The van der Waals surface area contributed by atoms with Crippen LogP contribution in [0.3, 0.4) is 0 Å². The van der Waals surface area contributed by atoms with E-state index < -0.39 is 17.8 Å². The monoisotopic (exact) mass is 268 g/mol. The van der Waals surface area contributed by atoms with E-state index in [0.717, 1.165) is 6.07 Å². The number of nitrogens with one attached hydrogen (secondary N) is 1. The van der Waals surface area contributed by atoms with Crippen LogP contribution >= 0.6 is 0 Å². The molecule has 102 valence electrons. The summed E-state index contributed by atoms with van der Waals surface area (Å²) in [4.78, 5) is 24.0. The molecule has 0 spiro atoms. The molecule has 6 nitrogen and oxygen atoms in total. The fraction of sp³-hybridized carbons (Fsp3) is 0.333. The molecule has 0 radical (unpaired) electrons. The van der Waals surface area contributed by atoms with Gasteiger partial charge in [-0.2, -0.15) is 0 Å². The van der Waals surface area contributed by atoms with Gasteiger partial charge < -0.3 is 20.1 Å². The summed E-state index contributed by atoms with van der Waals surface area (Å²) in [5, 5.41) is 11.1. The van der Waals surface area contributed by atoms with Gasteiger partial charge in [0, 0.05) is 13.1 Å². The number of anilines is 1. The summed E-state index contributed by atoms with van der Waals surface area (Å²) in [6.07, 6.45) is 0. The maximum Gasteiger partial charge on any atom is 0.335 e. The lowest BCUT2D eigenvalue weighted by molar-refractivity contribution is 0.0564. The summed E-state index contributed by atoms with van der Waals surface area (Å²) in [6.45, 7) is 1.79. The van der Waals surface area contributed by atoms with E-state index in [0.29, 0.717) is 26.3 Å². The third-order valence-corrected chi connectivity index (χ3v) is 2.76. The summed E-state index contributed by atoms with van der Waals surface area (Å²) in [5.41, 5.74) is -0.205. The number of ether oxygens (including phenoxy) is 1. The van der Waals surface area contributed by atoms with E-state index >= 15 is 0 Å². The van der Waals surface area contributed by atoms with Gasteiger partial charge in [0.25, 0.3) is 0 Å². The van der Waals surface area contributed by atoms with Gasteiger partial charge in [-0.25, -0.2) is 14.0 Å². The van der Waals surface area contributed by atoms with Crippen LogP contribution in [0.25, 0.3) is 0 Å². The van der Waals surface area contributed by atoms with Crippen molar-refractivity contribution in [2.75, 3.05) is 31.6 Å². The Bertz CT molecular complexity index is 501. The molecule has 19 heavy (non-hydrogen) atoms. The Kier molecular flexibility index (Phi) is 3.96. The summed E-state index contributed by atoms with van der Waals surface area (Å²) in [5.74, 6) is -1.99. The Morgan fingerprint density at radius 3 is 2.58 bits per heavy atom. The van der Waals surface area contributed by atoms with Gasteiger partial charge in [-0.15, -0.1) is 0 Å². The maximum atomic E-state index is 13.6. The SMILES string of the molecule is O=C(O)c1ccc(NC(=O)N2CCOCC2)c(F)c1. The first kappa shape index (κ1) is 13.3. The molecule has 0 unspecified atom stereocenters. The maximum absolute atomic E-state index is 13.6. The van der Waals surface area contributed by atoms with Crippen LogP contribution in [0.15, 0.2) is 18.2 Å². The van der Waals surface area contributed by atoms with Gasteiger partial charge in [0.2, 0.25) is 0 Å². The van der Waals surface area contributed by atoms with Crippen LogP contribution in [-0.4, -0.2) is 48.3 Å². The molecule has 0 atom stereocenters. The number of rotatable bonds is 2. The van der Waals surface area contributed by atoms with Crippen LogP contribution in [-0.2, 0) is 4.74 Å². The van der Waals surface area contributed by atoms with Gasteiger partial charge in [0.15, 0.2) is 0 Å². The van der Waals surface area contributed by atoms with E-state index in [1.54, 1.807) is 0 Å². The van der Waals surface area contributed by atoms with E-state index in [1.807, 2.05) is 0 Å². The zero-order valence-electron chi connectivity index (χ0n) is 10.1. The van der Waals surface area contributed by atoms with Crippen molar-refractivity contribution in [2.45, 2.75) is 0 Å². The van der Waals surface area contributed by atoms with Crippen molar-refractivity contribution in [1.29, 1.82) is 0 Å². The van der Waals surface area contributed by atoms with E-state index in [-0.39, 0.29) is 11.3 Å². The Morgan fingerprint density at radius 2 is 2.00 bits per heavy atom. The lowest BCUT2D eigenvalue weighted by Gasteiger charge is -2.27. The minimum Gasteiger partial charge on any atom is -0.478 e. The molecule has 1 aromatic rings. The molecular formula is C12H13FN2O4. The van der Waals surface area contributed by atoms with Gasteiger partial charge in [-0.1, -0.05) is 0 Å². The second-order valence-electron chi connectivity index (χ2n) is 4.03. The number of hydrogen-bond acceptors (Lipinski definition) is 3. The Hall–Kier alpha value is -2.15. The number of carbonyl (C=O) groups excluding carboxylic acids is 1. The summed E-state index contributed by atoms with van der Waals surface area (Å²) < 4.78 is 18.7. The second-order valence-corrected chi connectivity index (χ2v) is 4.03. The molecule has 0 saturated carbocycles. The molecular weight excluding hydrogens is 255 g/mol. The molecule has 0 bridgehead atoms. The van der Waals surface area contributed by atoms with Crippen LogP contribution in [0.4, 0.5) is 14.9 Å². The predicted molar refractivity (Wildman–Crippen MR) is 64.8 cm³/mol. The van der Waals surface area contributed by atoms with Crippen molar-refractivity contribution in [3.05, 3.63) is 29.6 Å². The Balaban J connectivity index is 2.06. The predicted octanol–water partition coefficient (Wildman–Crippen LogP) is 1.39. The van der Waals surface area contributed by atoms with Gasteiger partial charge in [0.1, 0.15) is 5.82 Å². The smallest absolute Gasteiger partial charge is 0.335 e. The van der Waals surface area contributed by atoms with Crippen LogP contribution in [0, 0.1) is 5.82 Å². The number of carboxylic acids is 1. The molecule has 1 aliphatic heterocycles. The number of carboxylic acid groups (broad SMARTS) is 1. The molecule has 0 aliphatic carbocycles. The molecule has 2 N–H and O–H groups in total. The standard InChI is InChI=1S/C12H13FN2O4/c13-9-7-8(11(16)17)1-2-10(9)14-12(18)15-3-5-19-6-4-15/h1-2,7H,3-6H2,(H,14,18)(H,16,17). The fourth-order valence-corrected chi connectivity index (χ4v) is 1.71. The number of carbonyl (C=O) groups is 2. The summed E-state index contributed by atoms with van der Waals surface area (Å²) in [7, 11) is 0.